The lowest BCUT2D eigenvalue weighted by Gasteiger charge is -2.25. The summed E-state index contributed by atoms with van der Waals surface area (Å²) in [5.41, 5.74) is 0.336. The summed E-state index contributed by atoms with van der Waals surface area (Å²) in [7, 11) is 0. The first-order valence-corrected chi connectivity index (χ1v) is 5.66. The fourth-order valence-electron chi connectivity index (χ4n) is 1.67. The van der Waals surface area contributed by atoms with E-state index in [0.29, 0.717) is 11.3 Å². The number of hydrogen-bond acceptors (Lipinski definition) is 1. The average molecular weight is 225 g/mol. The monoisotopic (exact) mass is 224 g/mol. The van der Waals surface area contributed by atoms with Gasteiger partial charge in [-0.25, -0.2) is 0 Å². The van der Waals surface area contributed by atoms with Crippen LogP contribution < -0.4 is 0 Å². The molecule has 0 N–H and O–H groups in total. The van der Waals surface area contributed by atoms with Crippen LogP contribution in [0.25, 0.3) is 0 Å². The van der Waals surface area contributed by atoms with Gasteiger partial charge in [0.15, 0.2) is 0 Å². The molecule has 3 heteroatoms. The molecule has 0 saturated carbocycles. The second-order valence-electron chi connectivity index (χ2n) is 4.88. The zero-order chi connectivity index (χ0) is 10.1. The molecule has 0 aromatic rings. The van der Waals surface area contributed by atoms with Gasteiger partial charge in [-0.05, 0) is 17.8 Å². The Bertz CT molecular complexity index is 163. The molecule has 0 bridgehead atoms. The molecule has 78 valence electrons. The van der Waals surface area contributed by atoms with E-state index in [0.717, 1.165) is 19.4 Å². The van der Waals surface area contributed by atoms with E-state index in [-0.39, 0.29) is 10.9 Å². The Morgan fingerprint density at radius 3 is 2.38 bits per heavy atom. The van der Waals surface area contributed by atoms with Crippen LogP contribution >= 0.6 is 23.2 Å². The van der Waals surface area contributed by atoms with Gasteiger partial charge in [-0.3, -0.25) is 0 Å². The molecule has 13 heavy (non-hydrogen) atoms. The van der Waals surface area contributed by atoms with Crippen molar-refractivity contribution in [3.63, 3.8) is 0 Å². The van der Waals surface area contributed by atoms with E-state index in [1.807, 2.05) is 0 Å². The molecule has 0 aliphatic carbocycles. The summed E-state index contributed by atoms with van der Waals surface area (Å²) in [6, 6.07) is 0. The summed E-state index contributed by atoms with van der Waals surface area (Å²) in [4.78, 5) is -0.288. The minimum atomic E-state index is -0.288. The molecule has 1 aliphatic rings. The Labute approximate surface area is 90.7 Å². The van der Waals surface area contributed by atoms with Gasteiger partial charge in [0, 0.05) is 6.42 Å². The number of halogens is 2. The summed E-state index contributed by atoms with van der Waals surface area (Å²) in [6.45, 7) is 7.61. The van der Waals surface area contributed by atoms with Crippen LogP contribution in [-0.4, -0.2) is 17.5 Å². The minimum absolute atomic E-state index is 0.268. The largest absolute Gasteiger partial charge is 0.378 e. The van der Waals surface area contributed by atoms with Gasteiger partial charge in [-0.2, -0.15) is 0 Å². The minimum Gasteiger partial charge on any atom is -0.378 e. The van der Waals surface area contributed by atoms with Crippen molar-refractivity contribution in [3.05, 3.63) is 0 Å². The van der Waals surface area contributed by atoms with Crippen LogP contribution in [0.4, 0.5) is 0 Å². The lowest BCUT2D eigenvalue weighted by Crippen LogP contribution is -2.20. The summed E-state index contributed by atoms with van der Waals surface area (Å²) in [6.07, 6.45) is 2.12. The maximum atomic E-state index is 5.71. The Balaban J connectivity index is 2.36. The topological polar surface area (TPSA) is 9.23 Å². The highest BCUT2D eigenvalue weighted by Gasteiger charge is 2.34. The number of ether oxygens (including phenoxy) is 1. The fraction of sp³-hybridized carbons (Fsp3) is 1.00. The second kappa shape index (κ2) is 4.37. The lowest BCUT2D eigenvalue weighted by atomic mass is 9.79. The lowest BCUT2D eigenvalue weighted by molar-refractivity contribution is 0.0938. The smallest absolute Gasteiger partial charge is 0.110 e. The van der Waals surface area contributed by atoms with Crippen molar-refractivity contribution < 1.29 is 4.74 Å². The highest BCUT2D eigenvalue weighted by Crippen LogP contribution is 2.36. The first kappa shape index (κ1) is 11.6. The molecule has 1 aliphatic heterocycles. The predicted octanol–water partition coefficient (Wildman–Crippen LogP) is 3.63. The van der Waals surface area contributed by atoms with Gasteiger partial charge in [0.05, 0.1) is 12.7 Å². The van der Waals surface area contributed by atoms with Gasteiger partial charge < -0.3 is 4.74 Å². The summed E-state index contributed by atoms with van der Waals surface area (Å²) in [5.74, 6) is 0.643. The van der Waals surface area contributed by atoms with Crippen molar-refractivity contribution in [1.82, 2.24) is 0 Å². The molecule has 0 aromatic heterocycles. The zero-order valence-electron chi connectivity index (χ0n) is 8.52. The Kier molecular flexibility index (Phi) is 3.91. The van der Waals surface area contributed by atoms with Gasteiger partial charge in [0.2, 0.25) is 0 Å². The molecule has 0 unspecified atom stereocenters. The predicted molar refractivity (Wildman–Crippen MR) is 57.4 cm³/mol. The molecule has 0 aromatic carbocycles. The van der Waals surface area contributed by atoms with Crippen molar-refractivity contribution in [2.45, 2.75) is 44.6 Å². The van der Waals surface area contributed by atoms with Gasteiger partial charge in [0.1, 0.15) is 4.84 Å². The molecule has 1 saturated heterocycles. The van der Waals surface area contributed by atoms with Crippen LogP contribution in [0.2, 0.25) is 0 Å². The van der Waals surface area contributed by atoms with Crippen molar-refractivity contribution >= 4 is 23.2 Å². The maximum Gasteiger partial charge on any atom is 0.110 e. The average Bonchev–Trinajstić information content (AvgIpc) is 2.32. The molecular weight excluding hydrogens is 207 g/mol. The van der Waals surface area contributed by atoms with Gasteiger partial charge in [-0.15, -0.1) is 23.2 Å². The van der Waals surface area contributed by atoms with Crippen molar-refractivity contribution in [2.75, 3.05) is 6.61 Å². The fourth-order valence-corrected chi connectivity index (χ4v) is 2.07. The third-order valence-corrected chi connectivity index (χ3v) is 3.10. The first-order valence-electron chi connectivity index (χ1n) is 4.79. The molecule has 1 rings (SSSR count). The van der Waals surface area contributed by atoms with E-state index >= 15 is 0 Å². The third kappa shape index (κ3) is 3.65. The van der Waals surface area contributed by atoms with E-state index in [1.165, 1.54) is 0 Å². The molecule has 0 spiro atoms. The third-order valence-electron chi connectivity index (χ3n) is 2.75. The Hall–Kier alpha value is 0.540. The highest BCUT2D eigenvalue weighted by atomic mass is 35.5. The Morgan fingerprint density at radius 2 is 2.00 bits per heavy atom. The van der Waals surface area contributed by atoms with Crippen molar-refractivity contribution in [2.24, 2.45) is 11.3 Å². The van der Waals surface area contributed by atoms with E-state index in [1.54, 1.807) is 0 Å². The van der Waals surface area contributed by atoms with Gasteiger partial charge in [0.25, 0.3) is 0 Å². The second-order valence-corrected chi connectivity index (χ2v) is 6.16. The van der Waals surface area contributed by atoms with Crippen molar-refractivity contribution in [3.8, 4) is 0 Å². The number of hydrogen-bond donors (Lipinski definition) is 0. The summed E-state index contributed by atoms with van der Waals surface area (Å²) < 4.78 is 5.63. The maximum absolute atomic E-state index is 5.71. The summed E-state index contributed by atoms with van der Waals surface area (Å²) in [5, 5.41) is 0. The first-order chi connectivity index (χ1) is 5.89. The molecule has 0 amide bonds. The normalized spacial score (nSPS) is 30.0. The van der Waals surface area contributed by atoms with E-state index < -0.39 is 0 Å². The van der Waals surface area contributed by atoms with E-state index in [9.17, 15) is 0 Å². The van der Waals surface area contributed by atoms with Crippen molar-refractivity contribution in [1.29, 1.82) is 0 Å². The quantitative estimate of drug-likeness (QED) is 0.652. The van der Waals surface area contributed by atoms with Gasteiger partial charge in [-0.1, -0.05) is 20.8 Å². The molecular formula is C10H18Cl2O. The van der Waals surface area contributed by atoms with Gasteiger partial charge >= 0.3 is 0 Å². The van der Waals surface area contributed by atoms with Crippen LogP contribution in [0.15, 0.2) is 0 Å². The van der Waals surface area contributed by atoms with Crippen LogP contribution in [0, 0.1) is 11.3 Å². The number of alkyl halides is 2. The Morgan fingerprint density at radius 1 is 1.38 bits per heavy atom. The number of rotatable bonds is 2. The molecule has 2 atom stereocenters. The zero-order valence-corrected chi connectivity index (χ0v) is 10.0. The standard InChI is InChI=1S/C10H18Cl2O/c1-10(2,3)7-4-8(13-6-7)5-9(11)12/h7-9H,4-6H2,1-3H3/t7-,8-/m1/s1. The van der Waals surface area contributed by atoms with Crippen LogP contribution in [0.1, 0.15) is 33.6 Å². The van der Waals surface area contributed by atoms with E-state index in [4.69, 9.17) is 27.9 Å². The molecule has 1 fully saturated rings. The molecule has 0 radical (unpaired) electrons. The van der Waals surface area contributed by atoms with Crippen LogP contribution in [0.5, 0.6) is 0 Å². The summed E-state index contributed by atoms with van der Waals surface area (Å²) >= 11 is 11.4. The van der Waals surface area contributed by atoms with Crippen LogP contribution in [-0.2, 0) is 4.74 Å². The van der Waals surface area contributed by atoms with E-state index in [2.05, 4.69) is 20.8 Å². The van der Waals surface area contributed by atoms with Crippen LogP contribution in [0.3, 0.4) is 0 Å². The molecule has 1 heterocycles. The highest BCUT2D eigenvalue weighted by molar-refractivity contribution is 6.44. The SMILES string of the molecule is CC(C)(C)[C@H]1CO[C@@H](CC(Cl)Cl)C1. The molecule has 1 nitrogen and oxygen atoms in total.